The molecule has 0 aliphatic heterocycles. The summed E-state index contributed by atoms with van der Waals surface area (Å²) in [5, 5.41) is 11.6. The molecule has 184 valence electrons. The van der Waals surface area contributed by atoms with E-state index in [1.54, 1.807) is 0 Å². The molecule has 0 unspecified atom stereocenters. The summed E-state index contributed by atoms with van der Waals surface area (Å²) >= 11 is 0. The summed E-state index contributed by atoms with van der Waals surface area (Å²) in [6.07, 6.45) is 5.94. The maximum atomic E-state index is 12.2. The molecule has 5 rings (SSSR count). The molecule has 0 bridgehead atoms. The van der Waals surface area contributed by atoms with Gasteiger partial charge in [-0.15, -0.1) is 0 Å². The number of ether oxygens (including phenoxy) is 1. The first-order chi connectivity index (χ1) is 17.6. The van der Waals surface area contributed by atoms with E-state index < -0.39 is 11.1 Å². The van der Waals surface area contributed by atoms with E-state index in [0.717, 1.165) is 16.7 Å². The molecule has 1 aromatic heterocycles. The maximum Gasteiger partial charge on any atom is 0.308 e. The monoisotopic (exact) mass is 480 g/mol. The number of esters is 1. The van der Waals surface area contributed by atoms with Crippen LogP contribution in [0.1, 0.15) is 55.0 Å². The predicted octanol–water partition coefficient (Wildman–Crippen LogP) is 5.66. The van der Waals surface area contributed by atoms with Crippen LogP contribution in [0.3, 0.4) is 0 Å². The predicted molar refractivity (Wildman–Crippen MR) is 139 cm³/mol. The second-order valence-electron chi connectivity index (χ2n) is 9.53. The number of aliphatic hydroxyl groups is 1. The lowest BCUT2D eigenvalue weighted by Gasteiger charge is -2.38. The molecule has 0 atom stereocenters. The molecule has 36 heavy (non-hydrogen) atoms. The molecule has 4 aromatic rings. The molecule has 5 heteroatoms. The lowest BCUT2D eigenvalue weighted by molar-refractivity contribution is -0.151. The molecular formula is C31H32N2O3. The molecule has 1 aliphatic rings. The van der Waals surface area contributed by atoms with Crippen LogP contribution in [0.25, 0.3) is 0 Å². The van der Waals surface area contributed by atoms with E-state index in [9.17, 15) is 9.90 Å². The zero-order valence-electron chi connectivity index (χ0n) is 20.6. The number of aromatic nitrogens is 2. The van der Waals surface area contributed by atoms with Gasteiger partial charge in [-0.3, -0.25) is 4.79 Å². The van der Waals surface area contributed by atoms with Crippen LogP contribution in [0.4, 0.5) is 0 Å². The van der Waals surface area contributed by atoms with Crippen molar-refractivity contribution in [2.45, 2.75) is 43.7 Å². The average Bonchev–Trinajstić information content (AvgIpc) is 3.43. The number of hydrogen-bond acceptors (Lipinski definition) is 4. The van der Waals surface area contributed by atoms with Crippen molar-refractivity contribution in [2.75, 3.05) is 6.61 Å². The largest absolute Gasteiger partial charge is 0.466 e. The van der Waals surface area contributed by atoms with Crippen molar-refractivity contribution >= 4 is 5.97 Å². The van der Waals surface area contributed by atoms with Gasteiger partial charge in [-0.05, 0) is 49.3 Å². The van der Waals surface area contributed by atoms with Gasteiger partial charge in [0.25, 0.3) is 0 Å². The fourth-order valence-electron chi connectivity index (χ4n) is 5.58. The second-order valence-corrected chi connectivity index (χ2v) is 9.53. The number of carbonyl (C=O) groups is 1. The number of carbonyl (C=O) groups excluding carboxylic acids is 1. The number of nitrogens with zero attached hydrogens (tertiary/aromatic N) is 2. The first-order valence-corrected chi connectivity index (χ1v) is 12.7. The minimum atomic E-state index is -1.08. The Morgan fingerprint density at radius 3 is 1.83 bits per heavy atom. The molecule has 5 nitrogen and oxygen atoms in total. The summed E-state index contributed by atoms with van der Waals surface area (Å²) < 4.78 is 7.33. The molecule has 0 radical (unpaired) electrons. The Morgan fingerprint density at radius 2 is 1.39 bits per heavy atom. The van der Waals surface area contributed by atoms with Crippen LogP contribution >= 0.6 is 0 Å². The molecule has 1 N–H and O–H groups in total. The Bertz CT molecular complexity index is 1180. The van der Waals surface area contributed by atoms with E-state index in [0.29, 0.717) is 38.0 Å². The van der Waals surface area contributed by atoms with Crippen LogP contribution in [0.5, 0.6) is 0 Å². The Kier molecular flexibility index (Phi) is 6.75. The summed E-state index contributed by atoms with van der Waals surface area (Å²) in [6, 6.07) is 31.2. The van der Waals surface area contributed by atoms with Gasteiger partial charge < -0.3 is 14.4 Å². The Labute approximate surface area is 212 Å². The molecule has 1 saturated carbocycles. The molecule has 1 aliphatic carbocycles. The van der Waals surface area contributed by atoms with Gasteiger partial charge in [0.1, 0.15) is 11.1 Å². The molecule has 1 heterocycles. The summed E-state index contributed by atoms with van der Waals surface area (Å²) in [4.78, 5) is 17.0. The Balaban J connectivity index is 1.60. The average molecular weight is 481 g/mol. The van der Waals surface area contributed by atoms with Gasteiger partial charge in [-0.2, -0.15) is 0 Å². The van der Waals surface area contributed by atoms with E-state index in [4.69, 9.17) is 9.72 Å². The first-order valence-electron chi connectivity index (χ1n) is 12.7. The summed E-state index contributed by atoms with van der Waals surface area (Å²) in [7, 11) is 0. The highest BCUT2D eigenvalue weighted by molar-refractivity contribution is 5.72. The zero-order chi connectivity index (χ0) is 25.0. The summed E-state index contributed by atoms with van der Waals surface area (Å²) in [6.45, 7) is 2.20. The fraction of sp³-hybridized carbons (Fsp3) is 0.290. The van der Waals surface area contributed by atoms with Crippen LogP contribution in [0, 0.1) is 5.92 Å². The van der Waals surface area contributed by atoms with Gasteiger partial charge in [-0.25, -0.2) is 4.98 Å². The van der Waals surface area contributed by atoms with E-state index in [2.05, 4.69) is 77.4 Å². The van der Waals surface area contributed by atoms with Crippen molar-refractivity contribution in [3.8, 4) is 0 Å². The molecule has 0 spiro atoms. The fourth-order valence-corrected chi connectivity index (χ4v) is 5.58. The van der Waals surface area contributed by atoms with Crippen molar-refractivity contribution in [1.82, 2.24) is 9.55 Å². The number of benzene rings is 3. The third-order valence-electron chi connectivity index (χ3n) is 7.45. The Morgan fingerprint density at radius 1 is 0.917 bits per heavy atom. The number of rotatable bonds is 7. The topological polar surface area (TPSA) is 64.3 Å². The number of imidazole rings is 1. The van der Waals surface area contributed by atoms with Crippen LogP contribution in [-0.4, -0.2) is 27.2 Å². The van der Waals surface area contributed by atoms with Gasteiger partial charge in [0.05, 0.1) is 24.5 Å². The van der Waals surface area contributed by atoms with Crippen molar-refractivity contribution in [3.05, 3.63) is 126 Å². The molecule has 3 aromatic carbocycles. The van der Waals surface area contributed by atoms with Crippen LogP contribution < -0.4 is 0 Å². The molecule has 0 amide bonds. The molecular weight excluding hydrogens is 448 g/mol. The van der Waals surface area contributed by atoms with Gasteiger partial charge in [0, 0.05) is 6.20 Å². The van der Waals surface area contributed by atoms with E-state index in [1.165, 1.54) is 0 Å². The van der Waals surface area contributed by atoms with E-state index >= 15 is 0 Å². The smallest absolute Gasteiger partial charge is 0.308 e. The lowest BCUT2D eigenvalue weighted by Crippen LogP contribution is -2.37. The van der Waals surface area contributed by atoms with Crippen molar-refractivity contribution < 1.29 is 14.6 Å². The minimum Gasteiger partial charge on any atom is -0.466 e. The van der Waals surface area contributed by atoms with Crippen LogP contribution in [-0.2, 0) is 20.7 Å². The second kappa shape index (κ2) is 10.1. The first kappa shape index (κ1) is 24.0. The third-order valence-corrected chi connectivity index (χ3v) is 7.45. The highest BCUT2D eigenvalue weighted by Crippen LogP contribution is 2.43. The van der Waals surface area contributed by atoms with Gasteiger partial charge in [0.15, 0.2) is 0 Å². The van der Waals surface area contributed by atoms with E-state index in [-0.39, 0.29) is 11.9 Å². The third kappa shape index (κ3) is 4.24. The minimum absolute atomic E-state index is 0.163. The van der Waals surface area contributed by atoms with Crippen molar-refractivity contribution in [1.29, 1.82) is 0 Å². The highest BCUT2D eigenvalue weighted by Gasteiger charge is 2.42. The SMILES string of the molecule is CCOC(=O)[C@H]1CC[C@@](O)(c2cn(C(c3ccccc3)(c3ccccc3)c3ccccc3)cn2)CC1. The maximum absolute atomic E-state index is 12.2. The summed E-state index contributed by atoms with van der Waals surface area (Å²) in [5.74, 6) is -0.328. The highest BCUT2D eigenvalue weighted by atomic mass is 16.5. The van der Waals surface area contributed by atoms with Crippen LogP contribution in [0.2, 0.25) is 0 Å². The lowest BCUT2D eigenvalue weighted by atomic mass is 9.76. The molecule has 0 saturated heterocycles. The van der Waals surface area contributed by atoms with Crippen molar-refractivity contribution in [2.24, 2.45) is 5.92 Å². The Hall–Kier alpha value is -3.70. The van der Waals surface area contributed by atoms with Gasteiger partial charge in [-0.1, -0.05) is 91.0 Å². The van der Waals surface area contributed by atoms with E-state index in [1.807, 2.05) is 37.6 Å². The van der Waals surface area contributed by atoms with Gasteiger partial charge >= 0.3 is 5.97 Å². The van der Waals surface area contributed by atoms with Crippen LogP contribution in [0.15, 0.2) is 104 Å². The number of hydrogen-bond donors (Lipinski definition) is 1. The quantitative estimate of drug-likeness (QED) is 0.274. The van der Waals surface area contributed by atoms with Crippen molar-refractivity contribution in [3.63, 3.8) is 0 Å². The molecule has 1 fully saturated rings. The standard InChI is InChI=1S/C31H32N2O3/c1-2-36-29(34)24-18-20-30(35,21-19-24)28-22-33(23-32-28)31(25-12-6-3-7-13-25,26-14-8-4-9-15-26)27-16-10-5-11-17-27/h3-17,22-24,35H,2,18-21H2,1H3/t24-,30-. The summed E-state index contributed by atoms with van der Waals surface area (Å²) in [5.41, 5.74) is 2.19. The van der Waals surface area contributed by atoms with Gasteiger partial charge in [0.2, 0.25) is 0 Å². The zero-order valence-corrected chi connectivity index (χ0v) is 20.6. The normalized spacial score (nSPS) is 20.1.